The molecule has 0 unspecified atom stereocenters. The Labute approximate surface area is 159 Å². The van der Waals surface area contributed by atoms with Crippen molar-refractivity contribution < 1.29 is 4.74 Å². The van der Waals surface area contributed by atoms with Gasteiger partial charge in [0.2, 0.25) is 0 Å². The molecule has 2 aliphatic rings. The van der Waals surface area contributed by atoms with Crippen LogP contribution in [0.15, 0.2) is 58.2 Å². The minimum Gasteiger partial charge on any atom is -0.378 e. The van der Waals surface area contributed by atoms with Crippen LogP contribution in [-0.4, -0.2) is 43.6 Å². The van der Waals surface area contributed by atoms with Gasteiger partial charge in [0.25, 0.3) is 0 Å². The Morgan fingerprint density at radius 1 is 1.35 bits per heavy atom. The van der Waals surface area contributed by atoms with E-state index >= 15 is 0 Å². The number of nitrogens with zero attached hydrogens (tertiary/aromatic N) is 3. The van der Waals surface area contributed by atoms with Gasteiger partial charge in [0.05, 0.1) is 25.5 Å². The Kier molecular flexibility index (Phi) is 6.52. The number of aliphatic imine (C=N–C) groups is 2. The van der Waals surface area contributed by atoms with Crippen LogP contribution in [0.2, 0.25) is 0 Å². The van der Waals surface area contributed by atoms with Crippen LogP contribution in [0, 0.1) is 0 Å². The highest BCUT2D eigenvalue weighted by molar-refractivity contribution is 8.13. The summed E-state index contributed by atoms with van der Waals surface area (Å²) in [5.41, 5.74) is 4.42. The Morgan fingerprint density at radius 2 is 2.08 bits per heavy atom. The van der Waals surface area contributed by atoms with Crippen molar-refractivity contribution in [3.8, 4) is 0 Å². The number of hydrogen-bond acceptors (Lipinski definition) is 5. The second-order valence-corrected chi connectivity index (χ2v) is 7.02. The molecule has 1 N–H and O–H groups in total. The fourth-order valence-electron chi connectivity index (χ4n) is 2.78. The third-order valence-electron chi connectivity index (χ3n) is 4.41. The lowest BCUT2D eigenvalue weighted by Crippen LogP contribution is -2.36. The second kappa shape index (κ2) is 9.05. The molecule has 5 nitrogen and oxygen atoms in total. The summed E-state index contributed by atoms with van der Waals surface area (Å²) in [6.45, 7) is 10.3. The number of morpholine rings is 1. The molecular weight excluding hydrogens is 344 g/mol. The molecule has 0 amide bonds. The van der Waals surface area contributed by atoms with E-state index in [4.69, 9.17) is 9.73 Å². The highest BCUT2D eigenvalue weighted by atomic mass is 32.2. The zero-order valence-corrected chi connectivity index (χ0v) is 16.3. The SMILES string of the molecule is C=C(/C=C1/NC(SC)=NC1=NCc1ccc(N2CCOCC2)cc1)CC. The first-order valence-electron chi connectivity index (χ1n) is 8.95. The van der Waals surface area contributed by atoms with Gasteiger partial charge < -0.3 is 15.0 Å². The van der Waals surface area contributed by atoms with Gasteiger partial charge in [-0.1, -0.05) is 43.0 Å². The number of ether oxygens (including phenoxy) is 1. The zero-order chi connectivity index (χ0) is 18.4. The normalized spacial score (nSPS) is 20.4. The van der Waals surface area contributed by atoms with E-state index in [-0.39, 0.29) is 0 Å². The summed E-state index contributed by atoms with van der Waals surface area (Å²) in [6, 6.07) is 8.62. The number of rotatable bonds is 5. The molecule has 0 atom stereocenters. The van der Waals surface area contributed by atoms with Gasteiger partial charge in [0.1, 0.15) is 0 Å². The number of thioether (sulfide) groups is 1. The van der Waals surface area contributed by atoms with Crippen molar-refractivity contribution in [3.05, 3.63) is 53.8 Å². The smallest absolute Gasteiger partial charge is 0.174 e. The molecule has 2 heterocycles. The van der Waals surface area contributed by atoms with Crippen molar-refractivity contribution in [3.63, 3.8) is 0 Å². The lowest BCUT2D eigenvalue weighted by molar-refractivity contribution is 0.122. The summed E-state index contributed by atoms with van der Waals surface area (Å²) < 4.78 is 5.41. The molecular formula is C20H26N4OS. The fourth-order valence-corrected chi connectivity index (χ4v) is 3.17. The van der Waals surface area contributed by atoms with Crippen LogP contribution in [0.1, 0.15) is 18.9 Å². The first-order chi connectivity index (χ1) is 12.7. The van der Waals surface area contributed by atoms with Crippen LogP contribution in [0.4, 0.5) is 5.69 Å². The van der Waals surface area contributed by atoms with E-state index in [0.29, 0.717) is 6.54 Å². The predicted molar refractivity (Wildman–Crippen MR) is 112 cm³/mol. The Bertz CT molecular complexity index is 731. The fraction of sp³-hybridized carbons (Fsp3) is 0.400. The molecule has 0 aromatic heterocycles. The number of nitrogens with one attached hydrogen (secondary N) is 1. The van der Waals surface area contributed by atoms with Crippen molar-refractivity contribution >= 4 is 28.5 Å². The van der Waals surface area contributed by atoms with E-state index < -0.39 is 0 Å². The lowest BCUT2D eigenvalue weighted by Gasteiger charge is -2.28. The summed E-state index contributed by atoms with van der Waals surface area (Å²) in [4.78, 5) is 11.6. The van der Waals surface area contributed by atoms with Crippen LogP contribution in [-0.2, 0) is 11.3 Å². The van der Waals surface area contributed by atoms with Crippen LogP contribution in [0.5, 0.6) is 0 Å². The minimum atomic E-state index is 0.613. The van der Waals surface area contributed by atoms with Gasteiger partial charge >= 0.3 is 0 Å². The number of anilines is 1. The third kappa shape index (κ3) is 4.77. The first-order valence-corrected chi connectivity index (χ1v) is 10.2. The lowest BCUT2D eigenvalue weighted by atomic mass is 10.2. The summed E-state index contributed by atoms with van der Waals surface area (Å²) in [6.07, 6.45) is 4.95. The summed E-state index contributed by atoms with van der Waals surface area (Å²) >= 11 is 1.59. The molecule has 0 saturated carbocycles. The predicted octanol–water partition coefficient (Wildman–Crippen LogP) is 3.59. The molecule has 1 aromatic rings. The highest BCUT2D eigenvalue weighted by Gasteiger charge is 2.17. The summed E-state index contributed by atoms with van der Waals surface area (Å²) in [5, 5.41) is 4.18. The van der Waals surface area contributed by atoms with Crippen molar-refractivity contribution in [1.29, 1.82) is 0 Å². The van der Waals surface area contributed by atoms with E-state index in [2.05, 4.69) is 53.0 Å². The molecule has 138 valence electrons. The molecule has 1 aromatic carbocycles. The van der Waals surface area contributed by atoms with Gasteiger partial charge in [-0.25, -0.2) is 4.99 Å². The Balaban J connectivity index is 1.69. The molecule has 3 rings (SSSR count). The second-order valence-electron chi connectivity index (χ2n) is 6.22. The maximum atomic E-state index is 5.41. The molecule has 6 heteroatoms. The average molecular weight is 371 g/mol. The van der Waals surface area contributed by atoms with Crippen LogP contribution < -0.4 is 10.2 Å². The quantitative estimate of drug-likeness (QED) is 0.860. The molecule has 2 aliphatic heterocycles. The molecule has 26 heavy (non-hydrogen) atoms. The monoisotopic (exact) mass is 370 g/mol. The van der Waals surface area contributed by atoms with E-state index in [9.17, 15) is 0 Å². The van der Waals surface area contributed by atoms with Gasteiger partial charge in [0.15, 0.2) is 11.0 Å². The van der Waals surface area contributed by atoms with Crippen molar-refractivity contribution in [2.75, 3.05) is 37.5 Å². The molecule has 1 fully saturated rings. The van der Waals surface area contributed by atoms with Gasteiger partial charge in [-0.05, 0) is 36.4 Å². The summed E-state index contributed by atoms with van der Waals surface area (Å²) in [7, 11) is 0. The van der Waals surface area contributed by atoms with E-state index in [1.807, 2.05) is 12.3 Å². The van der Waals surface area contributed by atoms with Crippen LogP contribution in [0.25, 0.3) is 0 Å². The van der Waals surface area contributed by atoms with Crippen molar-refractivity contribution in [2.45, 2.75) is 19.9 Å². The van der Waals surface area contributed by atoms with Crippen LogP contribution >= 0.6 is 11.8 Å². The molecule has 0 bridgehead atoms. The van der Waals surface area contributed by atoms with Gasteiger partial charge in [-0.2, -0.15) is 0 Å². The molecule has 1 saturated heterocycles. The number of hydrogen-bond donors (Lipinski definition) is 1. The van der Waals surface area contributed by atoms with Gasteiger partial charge in [-0.3, -0.25) is 4.99 Å². The van der Waals surface area contributed by atoms with E-state index in [1.165, 1.54) is 11.3 Å². The maximum absolute atomic E-state index is 5.41. The topological polar surface area (TPSA) is 49.2 Å². The average Bonchev–Trinajstić information content (AvgIpc) is 3.09. The molecule has 0 aliphatic carbocycles. The summed E-state index contributed by atoms with van der Waals surface area (Å²) in [5.74, 6) is 0.751. The van der Waals surface area contributed by atoms with Gasteiger partial charge in [0, 0.05) is 18.8 Å². The third-order valence-corrected chi connectivity index (χ3v) is 4.99. The Hall–Kier alpha value is -2.05. The number of amidine groups is 2. The maximum Gasteiger partial charge on any atom is 0.174 e. The number of benzene rings is 1. The van der Waals surface area contributed by atoms with E-state index in [0.717, 1.165) is 55.0 Å². The van der Waals surface area contributed by atoms with Crippen molar-refractivity contribution in [2.24, 2.45) is 9.98 Å². The van der Waals surface area contributed by atoms with Crippen LogP contribution in [0.3, 0.4) is 0 Å². The largest absolute Gasteiger partial charge is 0.378 e. The first kappa shape index (κ1) is 18.7. The van der Waals surface area contributed by atoms with Gasteiger partial charge in [-0.15, -0.1) is 0 Å². The van der Waals surface area contributed by atoms with E-state index in [1.54, 1.807) is 11.8 Å². The zero-order valence-electron chi connectivity index (χ0n) is 15.5. The number of allylic oxidation sites excluding steroid dienone is 2. The highest BCUT2D eigenvalue weighted by Crippen LogP contribution is 2.18. The molecule has 0 radical (unpaired) electrons. The standard InChI is InChI=1S/C20H26N4OS/c1-4-15(2)13-18-19(23-20(22-18)26-3)21-14-16-5-7-17(8-6-16)24-9-11-25-12-10-24/h5-8,13H,2,4,9-12,14H2,1,3H3,(H,21,22,23)/b18-13+. The Morgan fingerprint density at radius 3 is 2.73 bits per heavy atom. The van der Waals surface area contributed by atoms with Crippen molar-refractivity contribution in [1.82, 2.24) is 5.32 Å². The molecule has 0 spiro atoms. The minimum absolute atomic E-state index is 0.613.